The fourth-order valence-corrected chi connectivity index (χ4v) is 2.16. The highest BCUT2D eigenvalue weighted by molar-refractivity contribution is 6.32. The van der Waals surface area contributed by atoms with Crippen LogP contribution in [0, 0.1) is 0 Å². The van der Waals surface area contributed by atoms with Crippen molar-refractivity contribution in [2.24, 2.45) is 0 Å². The fraction of sp³-hybridized carbons (Fsp3) is 0.500. The van der Waals surface area contributed by atoms with Gasteiger partial charge in [0.1, 0.15) is 17.5 Å². The maximum Gasteiger partial charge on any atom is 0.407 e. The van der Waals surface area contributed by atoms with E-state index < -0.39 is 11.7 Å². The molecular formula is C14H18ClNO3. The summed E-state index contributed by atoms with van der Waals surface area (Å²) in [6.07, 6.45) is 0.215. The third-order valence-electron chi connectivity index (χ3n) is 2.65. The average molecular weight is 284 g/mol. The summed E-state index contributed by atoms with van der Waals surface area (Å²) in [6.45, 7) is 5.89. The van der Waals surface area contributed by atoms with E-state index in [1.807, 2.05) is 32.9 Å². The van der Waals surface area contributed by atoms with Crippen molar-refractivity contribution < 1.29 is 14.3 Å². The molecule has 1 aromatic rings. The molecule has 104 valence electrons. The van der Waals surface area contributed by atoms with Gasteiger partial charge in [-0.3, -0.25) is 0 Å². The lowest BCUT2D eigenvalue weighted by atomic mass is 10.1. The third-order valence-corrected chi connectivity index (χ3v) is 2.95. The maximum atomic E-state index is 11.5. The molecule has 0 saturated carbocycles. The van der Waals surface area contributed by atoms with Crippen LogP contribution in [0.5, 0.6) is 5.75 Å². The topological polar surface area (TPSA) is 47.6 Å². The zero-order valence-corrected chi connectivity index (χ0v) is 12.1. The summed E-state index contributed by atoms with van der Waals surface area (Å²) < 4.78 is 10.9. The van der Waals surface area contributed by atoms with Gasteiger partial charge >= 0.3 is 6.09 Å². The van der Waals surface area contributed by atoms with E-state index in [2.05, 4.69) is 5.32 Å². The van der Waals surface area contributed by atoms with Gasteiger partial charge < -0.3 is 14.8 Å². The van der Waals surface area contributed by atoms with Crippen molar-refractivity contribution in [1.82, 2.24) is 5.32 Å². The van der Waals surface area contributed by atoms with Crippen molar-refractivity contribution in [2.45, 2.75) is 38.9 Å². The number of fused-ring (bicyclic) bond motifs is 1. The standard InChI is InChI=1S/C14H18ClNO3/c1-14(2,3)19-13(17)16-8-10-7-9-5-4-6-11(15)12(9)18-10/h4-6,10H,7-8H2,1-3H3,(H,16,17). The molecule has 0 aromatic heterocycles. The number of para-hydroxylation sites is 1. The van der Waals surface area contributed by atoms with Crippen LogP contribution in [-0.2, 0) is 11.2 Å². The lowest BCUT2D eigenvalue weighted by Gasteiger charge is -2.20. The van der Waals surface area contributed by atoms with E-state index in [9.17, 15) is 4.79 Å². The number of hydrogen-bond donors (Lipinski definition) is 1. The molecule has 0 bridgehead atoms. The van der Waals surface area contributed by atoms with Crippen LogP contribution in [0.4, 0.5) is 4.79 Å². The Balaban J connectivity index is 1.85. The number of rotatable bonds is 2. The van der Waals surface area contributed by atoms with E-state index in [1.54, 1.807) is 6.07 Å². The monoisotopic (exact) mass is 283 g/mol. The highest BCUT2D eigenvalue weighted by Gasteiger charge is 2.25. The highest BCUT2D eigenvalue weighted by Crippen LogP contribution is 2.35. The molecule has 1 aliphatic rings. The number of ether oxygens (including phenoxy) is 2. The number of nitrogens with one attached hydrogen (secondary N) is 1. The normalized spacial score (nSPS) is 17.6. The SMILES string of the molecule is CC(C)(C)OC(=O)NCC1Cc2cccc(Cl)c2O1. The largest absolute Gasteiger partial charge is 0.486 e. The zero-order chi connectivity index (χ0) is 14.0. The van der Waals surface area contributed by atoms with Crippen molar-refractivity contribution in [3.63, 3.8) is 0 Å². The third kappa shape index (κ3) is 3.77. The molecule has 0 radical (unpaired) electrons. The molecule has 1 aromatic carbocycles. The van der Waals surface area contributed by atoms with Gasteiger partial charge in [-0.2, -0.15) is 0 Å². The van der Waals surface area contributed by atoms with Crippen LogP contribution in [0.15, 0.2) is 18.2 Å². The average Bonchev–Trinajstić information content (AvgIpc) is 2.68. The first-order valence-electron chi connectivity index (χ1n) is 6.26. The smallest absolute Gasteiger partial charge is 0.407 e. The summed E-state index contributed by atoms with van der Waals surface area (Å²) in [5.41, 5.74) is 0.580. The summed E-state index contributed by atoms with van der Waals surface area (Å²) in [6, 6.07) is 5.67. The van der Waals surface area contributed by atoms with Gasteiger partial charge in [-0.05, 0) is 32.4 Å². The molecule has 19 heavy (non-hydrogen) atoms. The van der Waals surface area contributed by atoms with Gasteiger partial charge in [0.15, 0.2) is 0 Å². The second-order valence-corrected chi connectivity index (χ2v) is 5.96. The van der Waals surface area contributed by atoms with E-state index >= 15 is 0 Å². The summed E-state index contributed by atoms with van der Waals surface area (Å²) in [7, 11) is 0. The number of halogens is 1. The Morgan fingerprint density at radius 3 is 2.89 bits per heavy atom. The van der Waals surface area contributed by atoms with E-state index in [-0.39, 0.29) is 6.10 Å². The van der Waals surface area contributed by atoms with Crippen molar-refractivity contribution in [1.29, 1.82) is 0 Å². The lowest BCUT2D eigenvalue weighted by molar-refractivity contribution is 0.0506. The van der Waals surface area contributed by atoms with E-state index in [1.165, 1.54) is 0 Å². The van der Waals surface area contributed by atoms with Gasteiger partial charge in [-0.25, -0.2) is 4.79 Å². The van der Waals surface area contributed by atoms with Crippen LogP contribution in [-0.4, -0.2) is 24.3 Å². The van der Waals surface area contributed by atoms with Gasteiger partial charge in [0.2, 0.25) is 0 Å². The number of amides is 1. The number of benzene rings is 1. The highest BCUT2D eigenvalue weighted by atomic mass is 35.5. The van der Waals surface area contributed by atoms with Crippen molar-refractivity contribution >= 4 is 17.7 Å². The van der Waals surface area contributed by atoms with E-state index in [4.69, 9.17) is 21.1 Å². The molecule has 1 amide bonds. The molecule has 5 heteroatoms. The minimum Gasteiger partial charge on any atom is -0.486 e. The van der Waals surface area contributed by atoms with Crippen LogP contribution in [0.1, 0.15) is 26.3 Å². The van der Waals surface area contributed by atoms with Gasteiger partial charge in [0.25, 0.3) is 0 Å². The van der Waals surface area contributed by atoms with Crippen LogP contribution in [0.3, 0.4) is 0 Å². The molecule has 0 spiro atoms. The van der Waals surface area contributed by atoms with Gasteiger partial charge in [0, 0.05) is 6.42 Å². The Labute approximate surface area is 118 Å². The fourth-order valence-electron chi connectivity index (χ4n) is 1.93. The zero-order valence-electron chi connectivity index (χ0n) is 11.3. The second kappa shape index (κ2) is 5.29. The first kappa shape index (κ1) is 14.0. The van der Waals surface area contributed by atoms with Crippen molar-refractivity contribution in [3.05, 3.63) is 28.8 Å². The molecule has 4 nitrogen and oxygen atoms in total. The maximum absolute atomic E-state index is 11.5. The molecule has 2 rings (SSSR count). The molecular weight excluding hydrogens is 266 g/mol. The molecule has 1 unspecified atom stereocenters. The van der Waals surface area contributed by atoms with Gasteiger partial charge in [0.05, 0.1) is 11.6 Å². The minimum atomic E-state index is -0.493. The first-order chi connectivity index (χ1) is 8.85. The molecule has 1 atom stereocenters. The molecule has 1 aliphatic heterocycles. The lowest BCUT2D eigenvalue weighted by Crippen LogP contribution is -2.38. The van der Waals surface area contributed by atoms with Gasteiger partial charge in [-0.1, -0.05) is 23.7 Å². The van der Waals surface area contributed by atoms with Crippen LogP contribution in [0.25, 0.3) is 0 Å². The number of carbonyl (C=O) groups is 1. The number of alkyl carbamates (subject to hydrolysis) is 1. The molecule has 0 aliphatic carbocycles. The molecule has 1 N–H and O–H groups in total. The second-order valence-electron chi connectivity index (χ2n) is 5.55. The Hall–Kier alpha value is -1.42. The predicted molar refractivity (Wildman–Crippen MR) is 73.8 cm³/mol. The van der Waals surface area contributed by atoms with E-state index in [0.717, 1.165) is 17.7 Å². The molecule has 0 saturated heterocycles. The minimum absolute atomic E-state index is 0.0950. The number of hydrogen-bond acceptors (Lipinski definition) is 3. The first-order valence-corrected chi connectivity index (χ1v) is 6.64. The van der Waals surface area contributed by atoms with Crippen LogP contribution >= 0.6 is 11.6 Å². The summed E-state index contributed by atoms with van der Waals surface area (Å²) >= 11 is 6.05. The van der Waals surface area contributed by atoms with Crippen molar-refractivity contribution in [2.75, 3.05) is 6.54 Å². The molecule has 1 heterocycles. The molecule has 0 fully saturated rings. The Morgan fingerprint density at radius 1 is 1.53 bits per heavy atom. The van der Waals surface area contributed by atoms with Crippen LogP contribution < -0.4 is 10.1 Å². The predicted octanol–water partition coefficient (Wildman–Crippen LogP) is 3.17. The summed E-state index contributed by atoms with van der Waals surface area (Å²) in [4.78, 5) is 11.5. The number of carbonyl (C=O) groups excluding carboxylic acids is 1. The van der Waals surface area contributed by atoms with E-state index in [0.29, 0.717) is 11.6 Å². The van der Waals surface area contributed by atoms with Gasteiger partial charge in [-0.15, -0.1) is 0 Å². The Morgan fingerprint density at radius 2 is 2.26 bits per heavy atom. The Bertz CT molecular complexity index is 482. The quantitative estimate of drug-likeness (QED) is 0.907. The van der Waals surface area contributed by atoms with Crippen LogP contribution in [0.2, 0.25) is 5.02 Å². The van der Waals surface area contributed by atoms with Crippen molar-refractivity contribution in [3.8, 4) is 5.75 Å². The summed E-state index contributed by atoms with van der Waals surface area (Å²) in [5, 5.41) is 3.31. The Kier molecular flexibility index (Phi) is 3.90. The summed E-state index contributed by atoms with van der Waals surface area (Å²) in [5.74, 6) is 0.722.